The van der Waals surface area contributed by atoms with E-state index in [0.29, 0.717) is 17.7 Å². The Labute approximate surface area is 144 Å². The van der Waals surface area contributed by atoms with Crippen molar-refractivity contribution in [1.82, 2.24) is 30.3 Å². The lowest BCUT2D eigenvalue weighted by Crippen LogP contribution is -2.44. The highest BCUT2D eigenvalue weighted by atomic mass is 16.5. The molecule has 1 aromatic carbocycles. The Hall–Kier alpha value is -2.81. The molecule has 130 valence electrons. The van der Waals surface area contributed by atoms with Crippen molar-refractivity contribution >= 4 is 5.95 Å². The van der Waals surface area contributed by atoms with Gasteiger partial charge in [-0.05, 0) is 48.2 Å². The summed E-state index contributed by atoms with van der Waals surface area (Å²) >= 11 is 0. The molecule has 2 heterocycles. The van der Waals surface area contributed by atoms with E-state index in [4.69, 9.17) is 10.3 Å². The molecule has 4 rings (SSSR count). The third-order valence-electron chi connectivity index (χ3n) is 4.61. The molecule has 1 fully saturated rings. The quantitative estimate of drug-likeness (QED) is 0.698. The van der Waals surface area contributed by atoms with Crippen LogP contribution in [0, 0.1) is 0 Å². The van der Waals surface area contributed by atoms with Gasteiger partial charge in [-0.2, -0.15) is 9.67 Å². The molecule has 1 atom stereocenters. The summed E-state index contributed by atoms with van der Waals surface area (Å²) < 4.78 is 7.09. The van der Waals surface area contributed by atoms with Gasteiger partial charge in [0.1, 0.15) is 6.04 Å². The first-order valence-electron chi connectivity index (χ1n) is 8.43. The first-order valence-corrected chi connectivity index (χ1v) is 8.43. The summed E-state index contributed by atoms with van der Waals surface area (Å²) in [5.74, 6) is 1.59. The molecule has 1 unspecified atom stereocenters. The normalized spacial score (nSPS) is 17.0. The molecule has 2 aromatic heterocycles. The van der Waals surface area contributed by atoms with Gasteiger partial charge >= 0.3 is 0 Å². The second kappa shape index (κ2) is 6.25. The van der Waals surface area contributed by atoms with Crippen LogP contribution in [0.5, 0.6) is 0 Å². The van der Waals surface area contributed by atoms with Crippen LogP contribution in [0.25, 0.3) is 5.69 Å². The van der Waals surface area contributed by atoms with Crippen LogP contribution in [-0.4, -0.2) is 30.3 Å². The Morgan fingerprint density at radius 3 is 2.80 bits per heavy atom. The fourth-order valence-corrected chi connectivity index (χ4v) is 2.87. The van der Waals surface area contributed by atoms with Gasteiger partial charge in [0.05, 0.1) is 11.2 Å². The van der Waals surface area contributed by atoms with E-state index >= 15 is 0 Å². The number of tetrazole rings is 1. The summed E-state index contributed by atoms with van der Waals surface area (Å²) in [6.07, 6.45) is 3.62. The minimum Gasteiger partial charge on any atom is -0.341 e. The molecule has 3 aromatic rings. The van der Waals surface area contributed by atoms with Crippen molar-refractivity contribution < 1.29 is 4.52 Å². The number of nitrogens with two attached hydrogens (primary N) is 1. The molecule has 1 aliphatic carbocycles. The topological polar surface area (TPSA) is 121 Å². The standard InChI is InChI=1S/C16H20N8O/c1-2-12(13-19-14(21-25-13)16(17)9-6-10-16)18-15-20-22-23-24(15)11-7-4-3-5-8-11/h3-5,7-8,12H,2,6,9-10,17H2,1H3,(H,18,20,23). The lowest BCUT2D eigenvalue weighted by molar-refractivity contribution is 0.228. The van der Waals surface area contributed by atoms with E-state index in [0.717, 1.165) is 31.4 Å². The zero-order valence-corrected chi connectivity index (χ0v) is 14.0. The fraction of sp³-hybridized carbons (Fsp3) is 0.438. The second-order valence-corrected chi connectivity index (χ2v) is 6.32. The lowest BCUT2D eigenvalue weighted by atomic mass is 9.77. The number of hydrogen-bond acceptors (Lipinski definition) is 8. The van der Waals surface area contributed by atoms with E-state index in [1.807, 2.05) is 37.3 Å². The highest BCUT2D eigenvalue weighted by molar-refractivity contribution is 5.39. The third-order valence-corrected chi connectivity index (χ3v) is 4.61. The highest BCUT2D eigenvalue weighted by Crippen LogP contribution is 2.37. The van der Waals surface area contributed by atoms with Crippen LogP contribution in [0.1, 0.15) is 50.4 Å². The summed E-state index contributed by atoms with van der Waals surface area (Å²) in [4.78, 5) is 4.52. The number of nitrogens with zero attached hydrogens (tertiary/aromatic N) is 6. The van der Waals surface area contributed by atoms with Crippen LogP contribution >= 0.6 is 0 Å². The minimum absolute atomic E-state index is 0.196. The predicted molar refractivity (Wildman–Crippen MR) is 89.8 cm³/mol. The van der Waals surface area contributed by atoms with Gasteiger partial charge in [-0.1, -0.05) is 35.4 Å². The van der Waals surface area contributed by atoms with Gasteiger partial charge in [-0.3, -0.25) is 0 Å². The molecule has 0 spiro atoms. The molecule has 1 saturated carbocycles. The van der Waals surface area contributed by atoms with Crippen LogP contribution in [-0.2, 0) is 5.54 Å². The van der Waals surface area contributed by atoms with Gasteiger partial charge in [-0.25, -0.2) is 0 Å². The van der Waals surface area contributed by atoms with Gasteiger partial charge in [-0.15, -0.1) is 0 Å². The van der Waals surface area contributed by atoms with Crippen LogP contribution in [0.2, 0.25) is 0 Å². The molecule has 0 amide bonds. The molecule has 0 saturated heterocycles. The SMILES string of the molecule is CCC(Nc1nnnn1-c1ccccc1)c1nc(C2(N)CCC2)no1. The van der Waals surface area contributed by atoms with Gasteiger partial charge in [0.15, 0.2) is 5.82 Å². The van der Waals surface area contributed by atoms with Gasteiger partial charge in [0.2, 0.25) is 11.8 Å². The zero-order chi connectivity index (χ0) is 17.3. The van der Waals surface area contributed by atoms with E-state index in [9.17, 15) is 0 Å². The van der Waals surface area contributed by atoms with Crippen molar-refractivity contribution in [1.29, 1.82) is 0 Å². The van der Waals surface area contributed by atoms with E-state index < -0.39 is 5.54 Å². The largest absolute Gasteiger partial charge is 0.341 e. The Morgan fingerprint density at radius 2 is 2.12 bits per heavy atom. The molecule has 0 radical (unpaired) electrons. The summed E-state index contributed by atoms with van der Waals surface area (Å²) in [7, 11) is 0. The zero-order valence-electron chi connectivity index (χ0n) is 14.0. The maximum Gasteiger partial charge on any atom is 0.249 e. The van der Waals surface area contributed by atoms with Gasteiger partial charge < -0.3 is 15.6 Å². The van der Waals surface area contributed by atoms with Crippen molar-refractivity contribution in [3.63, 3.8) is 0 Å². The van der Waals surface area contributed by atoms with Crippen LogP contribution < -0.4 is 11.1 Å². The Morgan fingerprint density at radius 1 is 1.32 bits per heavy atom. The second-order valence-electron chi connectivity index (χ2n) is 6.32. The van der Waals surface area contributed by atoms with Crippen molar-refractivity contribution in [2.24, 2.45) is 5.73 Å². The predicted octanol–water partition coefficient (Wildman–Crippen LogP) is 1.95. The minimum atomic E-state index is -0.439. The number of nitrogens with one attached hydrogen (secondary N) is 1. The lowest BCUT2D eigenvalue weighted by Gasteiger charge is -2.34. The van der Waals surface area contributed by atoms with E-state index in [-0.39, 0.29) is 6.04 Å². The van der Waals surface area contributed by atoms with Gasteiger partial charge in [0.25, 0.3) is 0 Å². The number of rotatable bonds is 6. The maximum atomic E-state index is 6.27. The molecule has 9 nitrogen and oxygen atoms in total. The van der Waals surface area contributed by atoms with Gasteiger partial charge in [0, 0.05) is 0 Å². The van der Waals surface area contributed by atoms with E-state index in [2.05, 4.69) is 31.0 Å². The summed E-state index contributed by atoms with van der Waals surface area (Å²) in [5.41, 5.74) is 6.70. The Kier molecular flexibility index (Phi) is 3.92. The van der Waals surface area contributed by atoms with Crippen molar-refractivity contribution in [3.8, 4) is 5.69 Å². The molecule has 3 N–H and O–H groups in total. The number of anilines is 1. The van der Waals surface area contributed by atoms with Crippen molar-refractivity contribution in [2.45, 2.75) is 44.2 Å². The molecular formula is C16H20N8O. The smallest absolute Gasteiger partial charge is 0.249 e. The number of para-hydroxylation sites is 1. The molecule has 9 heteroatoms. The van der Waals surface area contributed by atoms with Crippen LogP contribution in [0.3, 0.4) is 0 Å². The average Bonchev–Trinajstić information content (AvgIpc) is 3.28. The Balaban J connectivity index is 1.57. The maximum absolute atomic E-state index is 6.27. The third kappa shape index (κ3) is 2.86. The molecule has 1 aliphatic rings. The van der Waals surface area contributed by atoms with Crippen LogP contribution in [0.4, 0.5) is 5.95 Å². The molecule has 0 aliphatic heterocycles. The van der Waals surface area contributed by atoms with Crippen molar-refractivity contribution in [3.05, 3.63) is 42.0 Å². The first kappa shape index (κ1) is 15.7. The average molecular weight is 340 g/mol. The molecular weight excluding hydrogens is 320 g/mol. The highest BCUT2D eigenvalue weighted by Gasteiger charge is 2.39. The summed E-state index contributed by atoms with van der Waals surface area (Å²) in [6.45, 7) is 2.03. The van der Waals surface area contributed by atoms with Crippen molar-refractivity contribution in [2.75, 3.05) is 5.32 Å². The van der Waals surface area contributed by atoms with Crippen LogP contribution in [0.15, 0.2) is 34.9 Å². The Bertz CT molecular complexity index is 839. The fourth-order valence-electron chi connectivity index (χ4n) is 2.87. The summed E-state index contributed by atoms with van der Waals surface area (Å²) in [5, 5.41) is 19.2. The van der Waals surface area contributed by atoms with E-state index in [1.54, 1.807) is 4.68 Å². The summed E-state index contributed by atoms with van der Waals surface area (Å²) in [6, 6.07) is 9.48. The monoisotopic (exact) mass is 340 g/mol. The number of hydrogen-bond donors (Lipinski definition) is 2. The molecule has 25 heavy (non-hydrogen) atoms. The number of benzene rings is 1. The first-order chi connectivity index (χ1) is 12.2. The van der Waals surface area contributed by atoms with E-state index in [1.165, 1.54) is 0 Å². The number of aromatic nitrogens is 6. The molecule has 0 bridgehead atoms.